The van der Waals surface area contributed by atoms with E-state index >= 15 is 0 Å². The molecule has 136 valence electrons. The molecule has 0 spiro atoms. The molecule has 1 saturated heterocycles. The topological polar surface area (TPSA) is 61.6 Å². The second-order valence-electron chi connectivity index (χ2n) is 6.08. The molecule has 3 heterocycles. The van der Waals surface area contributed by atoms with Crippen LogP contribution >= 0.6 is 24.0 Å². The summed E-state index contributed by atoms with van der Waals surface area (Å²) >= 11 is 6.22. The normalized spacial score (nSPS) is 15.1. The third-order valence-corrected chi connectivity index (χ3v) is 4.96. The molecular formula is C17H22Cl2N4O2. The molecule has 1 aliphatic rings. The molecule has 2 aromatic heterocycles. The van der Waals surface area contributed by atoms with Crippen LogP contribution in [0.3, 0.4) is 0 Å². The maximum atomic E-state index is 11.3. The van der Waals surface area contributed by atoms with E-state index in [1.807, 2.05) is 19.1 Å². The van der Waals surface area contributed by atoms with Gasteiger partial charge in [0.2, 0.25) is 0 Å². The van der Waals surface area contributed by atoms with Crippen LogP contribution in [-0.2, 0) is 13.6 Å². The van der Waals surface area contributed by atoms with E-state index in [-0.39, 0.29) is 12.4 Å². The predicted octanol–water partition coefficient (Wildman–Crippen LogP) is 2.82. The Morgan fingerprint density at radius 1 is 1.32 bits per heavy atom. The number of aromatic carboxylic acids is 1. The number of carboxylic acid groups (broad SMARTS) is 1. The highest BCUT2D eigenvalue weighted by Crippen LogP contribution is 2.24. The lowest BCUT2D eigenvalue weighted by molar-refractivity contribution is 0.0686. The number of pyridine rings is 1. The summed E-state index contributed by atoms with van der Waals surface area (Å²) in [6.07, 6.45) is 1.76. The highest BCUT2D eigenvalue weighted by atomic mass is 35.5. The number of nitrogens with zero attached hydrogens (tertiary/aromatic N) is 4. The van der Waals surface area contributed by atoms with Gasteiger partial charge >= 0.3 is 5.97 Å². The molecule has 8 heteroatoms. The fourth-order valence-corrected chi connectivity index (χ4v) is 3.34. The van der Waals surface area contributed by atoms with Crippen LogP contribution in [-0.4, -0.2) is 51.7 Å². The number of halogens is 2. The Morgan fingerprint density at radius 2 is 2.00 bits per heavy atom. The van der Waals surface area contributed by atoms with Crippen molar-refractivity contribution < 1.29 is 9.90 Å². The number of aromatic nitrogens is 2. The van der Waals surface area contributed by atoms with E-state index in [4.69, 9.17) is 11.6 Å². The molecule has 1 aliphatic heterocycles. The van der Waals surface area contributed by atoms with Crippen molar-refractivity contribution in [1.82, 2.24) is 14.5 Å². The van der Waals surface area contributed by atoms with Gasteiger partial charge in [0.25, 0.3) is 0 Å². The van der Waals surface area contributed by atoms with Crippen molar-refractivity contribution in [2.45, 2.75) is 13.5 Å². The number of carboxylic acids is 1. The second kappa shape index (κ2) is 8.08. The van der Waals surface area contributed by atoms with Gasteiger partial charge in [0.1, 0.15) is 11.5 Å². The van der Waals surface area contributed by atoms with Gasteiger partial charge < -0.3 is 14.6 Å². The minimum absolute atomic E-state index is 0. The van der Waals surface area contributed by atoms with Gasteiger partial charge in [0.15, 0.2) is 0 Å². The molecular weight excluding hydrogens is 363 g/mol. The van der Waals surface area contributed by atoms with Crippen LogP contribution in [0.15, 0.2) is 24.4 Å². The third-order valence-electron chi connectivity index (χ3n) is 4.66. The van der Waals surface area contributed by atoms with E-state index in [0.717, 1.165) is 49.8 Å². The molecule has 0 bridgehead atoms. The molecule has 0 unspecified atom stereocenters. The van der Waals surface area contributed by atoms with Gasteiger partial charge in [-0.1, -0.05) is 11.6 Å². The molecule has 0 amide bonds. The van der Waals surface area contributed by atoms with Crippen molar-refractivity contribution in [3.63, 3.8) is 0 Å². The number of hydrogen-bond donors (Lipinski definition) is 1. The van der Waals surface area contributed by atoms with E-state index in [2.05, 4.69) is 14.8 Å². The number of piperazine rings is 1. The Balaban J connectivity index is 0.00000225. The Labute approximate surface area is 158 Å². The van der Waals surface area contributed by atoms with E-state index in [1.165, 1.54) is 0 Å². The summed E-state index contributed by atoms with van der Waals surface area (Å²) in [5.41, 5.74) is 2.41. The molecule has 0 atom stereocenters. The number of hydrogen-bond acceptors (Lipinski definition) is 4. The molecule has 2 aromatic rings. The van der Waals surface area contributed by atoms with E-state index in [1.54, 1.807) is 23.9 Å². The first-order valence-electron chi connectivity index (χ1n) is 7.93. The van der Waals surface area contributed by atoms with Crippen LogP contribution in [0, 0.1) is 6.92 Å². The van der Waals surface area contributed by atoms with Crippen LogP contribution in [0.5, 0.6) is 0 Å². The minimum Gasteiger partial charge on any atom is -0.477 e. The first-order valence-corrected chi connectivity index (χ1v) is 8.31. The zero-order valence-corrected chi connectivity index (χ0v) is 15.8. The fraction of sp³-hybridized carbons (Fsp3) is 0.412. The Morgan fingerprint density at radius 3 is 2.56 bits per heavy atom. The highest BCUT2D eigenvalue weighted by Gasteiger charge is 2.22. The first kappa shape index (κ1) is 19.6. The zero-order valence-electron chi connectivity index (χ0n) is 14.3. The average molecular weight is 385 g/mol. The van der Waals surface area contributed by atoms with Crippen molar-refractivity contribution >= 4 is 35.8 Å². The van der Waals surface area contributed by atoms with Crippen molar-refractivity contribution in [2.24, 2.45) is 7.05 Å². The maximum absolute atomic E-state index is 11.3. The summed E-state index contributed by atoms with van der Waals surface area (Å²) in [6, 6.07) is 5.47. The van der Waals surface area contributed by atoms with Crippen LogP contribution in [0.1, 0.15) is 21.7 Å². The lowest BCUT2D eigenvalue weighted by Gasteiger charge is -2.35. The third kappa shape index (κ3) is 4.08. The summed E-state index contributed by atoms with van der Waals surface area (Å²) in [6.45, 7) is 6.22. The van der Waals surface area contributed by atoms with Gasteiger partial charge in [0.05, 0.1) is 5.02 Å². The quantitative estimate of drug-likeness (QED) is 0.877. The standard InChI is InChI=1S/C17H21ClN4O2.ClH/c1-12-13(10-15(17(23)24)20(12)2)11-21-6-8-22(9-7-21)16-14(18)4-3-5-19-16;/h3-5,10H,6-9,11H2,1-2H3,(H,23,24);1H. The largest absolute Gasteiger partial charge is 0.477 e. The zero-order chi connectivity index (χ0) is 17.3. The molecule has 25 heavy (non-hydrogen) atoms. The molecule has 0 aromatic carbocycles. The Hall–Kier alpha value is -1.76. The Bertz CT molecular complexity index is 755. The van der Waals surface area contributed by atoms with Crippen molar-refractivity contribution in [1.29, 1.82) is 0 Å². The van der Waals surface area contributed by atoms with E-state index in [9.17, 15) is 9.90 Å². The van der Waals surface area contributed by atoms with Crippen LogP contribution in [0.2, 0.25) is 5.02 Å². The SMILES string of the molecule is Cc1c(CN2CCN(c3ncccc3Cl)CC2)cc(C(=O)O)n1C.Cl. The first-order chi connectivity index (χ1) is 11.5. The molecule has 1 N–H and O–H groups in total. The molecule has 0 radical (unpaired) electrons. The summed E-state index contributed by atoms with van der Waals surface area (Å²) < 4.78 is 1.74. The van der Waals surface area contributed by atoms with Crippen LogP contribution in [0.25, 0.3) is 0 Å². The van der Waals surface area contributed by atoms with Gasteiger partial charge in [-0.2, -0.15) is 0 Å². The van der Waals surface area contributed by atoms with Gasteiger partial charge in [0, 0.05) is 51.7 Å². The molecule has 1 fully saturated rings. The monoisotopic (exact) mass is 384 g/mol. The lowest BCUT2D eigenvalue weighted by Crippen LogP contribution is -2.46. The number of carbonyl (C=O) groups is 1. The van der Waals surface area contributed by atoms with Crippen molar-refractivity contribution in [3.8, 4) is 0 Å². The fourth-order valence-electron chi connectivity index (χ4n) is 3.10. The van der Waals surface area contributed by atoms with E-state index < -0.39 is 5.97 Å². The van der Waals surface area contributed by atoms with Gasteiger partial charge in [-0.15, -0.1) is 12.4 Å². The van der Waals surface area contributed by atoms with Gasteiger partial charge in [-0.25, -0.2) is 9.78 Å². The second-order valence-corrected chi connectivity index (χ2v) is 6.48. The predicted molar refractivity (Wildman–Crippen MR) is 101 cm³/mol. The average Bonchev–Trinajstić information content (AvgIpc) is 2.85. The number of anilines is 1. The van der Waals surface area contributed by atoms with Gasteiger partial charge in [-0.3, -0.25) is 4.90 Å². The lowest BCUT2D eigenvalue weighted by atomic mass is 10.2. The van der Waals surface area contributed by atoms with Crippen LogP contribution < -0.4 is 4.90 Å². The summed E-state index contributed by atoms with van der Waals surface area (Å²) in [4.78, 5) is 20.1. The minimum atomic E-state index is -0.888. The summed E-state index contributed by atoms with van der Waals surface area (Å²) in [7, 11) is 1.79. The van der Waals surface area contributed by atoms with Crippen LogP contribution in [0.4, 0.5) is 5.82 Å². The smallest absolute Gasteiger partial charge is 0.352 e. The van der Waals surface area contributed by atoms with Gasteiger partial charge in [-0.05, 0) is 30.7 Å². The summed E-state index contributed by atoms with van der Waals surface area (Å²) in [5, 5.41) is 9.91. The Kier molecular flexibility index (Phi) is 6.32. The molecule has 6 nitrogen and oxygen atoms in total. The van der Waals surface area contributed by atoms with Crippen molar-refractivity contribution in [2.75, 3.05) is 31.1 Å². The maximum Gasteiger partial charge on any atom is 0.352 e. The number of rotatable bonds is 4. The summed E-state index contributed by atoms with van der Waals surface area (Å²) in [5.74, 6) is -0.0515. The van der Waals surface area contributed by atoms with E-state index in [0.29, 0.717) is 10.7 Å². The molecule has 0 aliphatic carbocycles. The highest BCUT2D eigenvalue weighted by molar-refractivity contribution is 6.32. The van der Waals surface area contributed by atoms with Crippen molar-refractivity contribution in [3.05, 3.63) is 46.4 Å². The molecule has 0 saturated carbocycles. The molecule has 3 rings (SSSR count).